The number of hydrogen-bond acceptors (Lipinski definition) is 5. The summed E-state index contributed by atoms with van der Waals surface area (Å²) in [6.45, 7) is 0.972. The minimum Gasteiger partial charge on any atom is -0.465 e. The zero-order valence-electron chi connectivity index (χ0n) is 10.1. The summed E-state index contributed by atoms with van der Waals surface area (Å²) in [6.07, 6.45) is 0.666. The van der Waals surface area contributed by atoms with E-state index >= 15 is 0 Å². The number of ether oxygens (including phenoxy) is 2. The first-order valence-corrected chi connectivity index (χ1v) is 5.60. The summed E-state index contributed by atoms with van der Waals surface area (Å²) in [5.74, 6) is -0.466. The molecule has 2 N–H and O–H groups in total. The smallest absolute Gasteiger partial charge is 0.337 e. The van der Waals surface area contributed by atoms with Crippen LogP contribution in [0.25, 0.3) is 0 Å². The van der Waals surface area contributed by atoms with Gasteiger partial charge in [0.1, 0.15) is 0 Å². The summed E-state index contributed by atoms with van der Waals surface area (Å²) in [5.41, 5.74) is 7.04. The Labute approximate surface area is 105 Å². The van der Waals surface area contributed by atoms with Crippen molar-refractivity contribution in [2.24, 2.45) is 5.73 Å². The molecule has 1 fully saturated rings. The Balaban J connectivity index is 2.44. The van der Waals surface area contributed by atoms with Crippen LogP contribution in [0.1, 0.15) is 27.9 Å². The van der Waals surface area contributed by atoms with Crippen molar-refractivity contribution >= 4 is 5.97 Å². The van der Waals surface area contributed by atoms with Gasteiger partial charge in [-0.15, -0.1) is 0 Å². The van der Waals surface area contributed by atoms with Gasteiger partial charge in [-0.25, -0.2) is 4.79 Å². The van der Waals surface area contributed by atoms with Crippen molar-refractivity contribution in [2.45, 2.75) is 12.0 Å². The van der Waals surface area contributed by atoms with Crippen LogP contribution in [0.4, 0.5) is 0 Å². The van der Waals surface area contributed by atoms with E-state index in [0.29, 0.717) is 30.8 Å². The van der Waals surface area contributed by atoms with E-state index in [9.17, 15) is 10.1 Å². The van der Waals surface area contributed by atoms with Gasteiger partial charge in [0.25, 0.3) is 0 Å². The van der Waals surface area contributed by atoms with Crippen molar-refractivity contribution in [2.75, 3.05) is 20.3 Å². The normalized spacial score (nSPS) is 22.5. The number of hydrogen-bond donors (Lipinski definition) is 1. The van der Waals surface area contributed by atoms with Crippen LogP contribution in [0.3, 0.4) is 0 Å². The molecular weight excluding hydrogens is 232 g/mol. The maximum atomic E-state index is 11.4. The van der Waals surface area contributed by atoms with Crippen molar-refractivity contribution in [3.8, 4) is 6.07 Å². The highest BCUT2D eigenvalue weighted by molar-refractivity contribution is 5.89. The quantitative estimate of drug-likeness (QED) is 0.784. The molecule has 1 aliphatic rings. The molecule has 1 aromatic carbocycles. The molecule has 94 valence electrons. The Morgan fingerprint density at radius 3 is 2.94 bits per heavy atom. The topological polar surface area (TPSA) is 85.3 Å². The summed E-state index contributed by atoms with van der Waals surface area (Å²) < 4.78 is 9.91. The SMILES string of the molecule is COC(=O)c1ccc(C2(N)CCOC2)c(C#N)c1. The molecule has 0 spiro atoms. The third-order valence-electron chi connectivity index (χ3n) is 3.15. The van der Waals surface area contributed by atoms with Gasteiger partial charge >= 0.3 is 5.97 Å². The molecule has 1 saturated heterocycles. The average molecular weight is 246 g/mol. The molecule has 0 aromatic heterocycles. The van der Waals surface area contributed by atoms with E-state index in [0.717, 1.165) is 5.56 Å². The molecule has 5 heteroatoms. The van der Waals surface area contributed by atoms with E-state index in [1.807, 2.05) is 0 Å². The van der Waals surface area contributed by atoms with Gasteiger partial charge in [0.15, 0.2) is 0 Å². The van der Waals surface area contributed by atoms with Crippen LogP contribution in [0, 0.1) is 11.3 Å². The van der Waals surface area contributed by atoms with Gasteiger partial charge in [0.05, 0.1) is 36.5 Å². The molecule has 1 heterocycles. The van der Waals surface area contributed by atoms with Crippen molar-refractivity contribution in [3.05, 3.63) is 34.9 Å². The van der Waals surface area contributed by atoms with Gasteiger partial charge < -0.3 is 15.2 Å². The highest BCUT2D eigenvalue weighted by Crippen LogP contribution is 2.30. The largest absolute Gasteiger partial charge is 0.465 e. The first-order valence-electron chi connectivity index (χ1n) is 5.60. The summed E-state index contributed by atoms with van der Waals surface area (Å²) >= 11 is 0. The molecule has 1 aliphatic heterocycles. The molecule has 0 saturated carbocycles. The van der Waals surface area contributed by atoms with Gasteiger partial charge in [0, 0.05) is 6.61 Å². The highest BCUT2D eigenvalue weighted by Gasteiger charge is 2.34. The Kier molecular flexibility index (Phi) is 3.32. The van der Waals surface area contributed by atoms with Crippen molar-refractivity contribution in [3.63, 3.8) is 0 Å². The first kappa shape index (κ1) is 12.6. The monoisotopic (exact) mass is 246 g/mol. The Bertz CT molecular complexity index is 513. The predicted octanol–water partition coefficient (Wildman–Crippen LogP) is 0.919. The standard InChI is InChI=1S/C13H14N2O3/c1-17-12(16)9-2-3-11(10(6-9)7-14)13(15)4-5-18-8-13/h2-3,6H,4-5,8,15H2,1H3. The van der Waals surface area contributed by atoms with E-state index < -0.39 is 11.5 Å². The molecule has 2 rings (SSSR count). The minimum absolute atomic E-state index is 0.348. The Morgan fingerprint density at radius 2 is 2.39 bits per heavy atom. The Morgan fingerprint density at radius 1 is 1.61 bits per heavy atom. The van der Waals surface area contributed by atoms with Crippen LogP contribution in [0.15, 0.2) is 18.2 Å². The number of esters is 1. The molecule has 5 nitrogen and oxygen atoms in total. The van der Waals surface area contributed by atoms with Gasteiger partial charge in [0.2, 0.25) is 0 Å². The molecule has 18 heavy (non-hydrogen) atoms. The van der Waals surface area contributed by atoms with Crippen LogP contribution in [-0.2, 0) is 15.0 Å². The van der Waals surface area contributed by atoms with Crippen molar-refractivity contribution in [1.82, 2.24) is 0 Å². The summed E-state index contributed by atoms with van der Waals surface area (Å²) in [7, 11) is 1.30. The second-order valence-corrected chi connectivity index (χ2v) is 4.32. The number of carbonyl (C=O) groups is 1. The lowest BCUT2D eigenvalue weighted by Gasteiger charge is -2.23. The summed E-state index contributed by atoms with van der Waals surface area (Å²) in [4.78, 5) is 11.4. The number of methoxy groups -OCH3 is 1. The van der Waals surface area contributed by atoms with Crippen molar-refractivity contribution < 1.29 is 14.3 Å². The van der Waals surface area contributed by atoms with Gasteiger partial charge in [-0.3, -0.25) is 0 Å². The molecule has 1 atom stereocenters. The van der Waals surface area contributed by atoms with Gasteiger partial charge in [-0.05, 0) is 24.1 Å². The fourth-order valence-corrected chi connectivity index (χ4v) is 2.11. The van der Waals surface area contributed by atoms with E-state index in [1.165, 1.54) is 13.2 Å². The lowest BCUT2D eigenvalue weighted by molar-refractivity contribution is 0.0600. The number of carbonyl (C=O) groups excluding carboxylic acids is 1. The third-order valence-corrected chi connectivity index (χ3v) is 3.15. The first-order chi connectivity index (χ1) is 8.60. The van der Waals surface area contributed by atoms with Crippen LogP contribution < -0.4 is 5.73 Å². The Hall–Kier alpha value is -1.90. The zero-order chi connectivity index (χ0) is 13.2. The molecule has 0 aliphatic carbocycles. The third kappa shape index (κ3) is 2.08. The van der Waals surface area contributed by atoms with E-state index in [2.05, 4.69) is 10.8 Å². The molecule has 1 unspecified atom stereocenters. The average Bonchev–Trinajstić information content (AvgIpc) is 2.85. The predicted molar refractivity (Wildman–Crippen MR) is 63.8 cm³/mol. The van der Waals surface area contributed by atoms with Crippen LogP contribution in [0.5, 0.6) is 0 Å². The van der Waals surface area contributed by atoms with E-state index in [4.69, 9.17) is 10.5 Å². The number of nitrogens with zero attached hydrogens (tertiary/aromatic N) is 1. The lowest BCUT2D eigenvalue weighted by Crippen LogP contribution is -2.37. The fourth-order valence-electron chi connectivity index (χ4n) is 2.11. The van der Waals surface area contributed by atoms with Gasteiger partial charge in [-0.2, -0.15) is 5.26 Å². The second kappa shape index (κ2) is 4.77. The van der Waals surface area contributed by atoms with E-state index in [1.54, 1.807) is 12.1 Å². The summed E-state index contributed by atoms with van der Waals surface area (Å²) in [6, 6.07) is 6.91. The highest BCUT2D eigenvalue weighted by atomic mass is 16.5. The minimum atomic E-state index is -0.639. The number of rotatable bonds is 2. The van der Waals surface area contributed by atoms with Crippen molar-refractivity contribution in [1.29, 1.82) is 5.26 Å². The molecule has 1 aromatic rings. The number of nitrogens with two attached hydrogens (primary N) is 1. The molecule has 0 bridgehead atoms. The van der Waals surface area contributed by atoms with Crippen LogP contribution in [0.2, 0.25) is 0 Å². The van der Waals surface area contributed by atoms with Crippen LogP contribution >= 0.6 is 0 Å². The number of nitriles is 1. The molecular formula is C13H14N2O3. The second-order valence-electron chi connectivity index (χ2n) is 4.32. The lowest BCUT2D eigenvalue weighted by atomic mass is 9.86. The van der Waals surface area contributed by atoms with Gasteiger partial charge in [-0.1, -0.05) is 6.07 Å². The maximum absolute atomic E-state index is 11.4. The zero-order valence-corrected chi connectivity index (χ0v) is 10.1. The maximum Gasteiger partial charge on any atom is 0.337 e. The van der Waals surface area contributed by atoms with Crippen LogP contribution in [-0.4, -0.2) is 26.3 Å². The van der Waals surface area contributed by atoms with E-state index in [-0.39, 0.29) is 0 Å². The fraction of sp³-hybridized carbons (Fsp3) is 0.385. The number of benzene rings is 1. The summed E-state index contributed by atoms with van der Waals surface area (Å²) in [5, 5.41) is 9.17. The molecule has 0 amide bonds. The molecule has 0 radical (unpaired) electrons.